The fraction of sp³-hybridized carbons (Fsp3) is 0.303. The molecule has 0 saturated heterocycles. The first-order chi connectivity index (χ1) is 21.0. The van der Waals surface area contributed by atoms with E-state index >= 15 is 0 Å². The second-order valence-corrected chi connectivity index (χ2v) is 12.1. The monoisotopic (exact) mass is 619 g/mol. The summed E-state index contributed by atoms with van der Waals surface area (Å²) in [5, 5.41) is 16.7. The maximum Gasteiger partial charge on any atom is 0.407 e. The third-order valence-electron chi connectivity index (χ3n) is 6.80. The Hall–Kier alpha value is -4.15. The van der Waals surface area contributed by atoms with Crippen LogP contribution in [0.5, 0.6) is 5.75 Å². The Morgan fingerprint density at radius 3 is 1.98 bits per heavy atom. The van der Waals surface area contributed by atoms with Crippen LogP contribution in [-0.4, -0.2) is 52.0 Å². The summed E-state index contributed by atoms with van der Waals surface area (Å²) in [7, 11) is 0. The molecule has 0 aliphatic rings. The fourth-order valence-corrected chi connectivity index (χ4v) is 6.05. The van der Waals surface area contributed by atoms with Crippen LogP contribution in [0.25, 0.3) is 0 Å². The highest BCUT2D eigenvalue weighted by Crippen LogP contribution is 2.20. The molecule has 2 aromatic heterocycles. The largest absolute Gasteiger partial charge is 0.493 e. The van der Waals surface area contributed by atoms with Gasteiger partial charge in [-0.3, -0.25) is 9.59 Å². The Morgan fingerprint density at radius 1 is 0.767 bits per heavy atom. The molecule has 0 spiro atoms. The van der Waals surface area contributed by atoms with Gasteiger partial charge in [0.15, 0.2) is 0 Å². The molecule has 43 heavy (non-hydrogen) atoms. The van der Waals surface area contributed by atoms with Crippen LogP contribution in [0.2, 0.25) is 0 Å². The van der Waals surface area contributed by atoms with Crippen LogP contribution in [0, 0.1) is 0 Å². The van der Waals surface area contributed by atoms with Gasteiger partial charge in [-0.25, -0.2) is 4.79 Å². The van der Waals surface area contributed by atoms with Gasteiger partial charge in [0.1, 0.15) is 11.8 Å². The molecule has 8 nitrogen and oxygen atoms in total. The van der Waals surface area contributed by atoms with E-state index in [-0.39, 0.29) is 24.8 Å². The molecule has 4 rings (SSSR count). The first kappa shape index (κ1) is 31.8. The minimum absolute atomic E-state index is 0.110. The molecular weight excluding hydrogens is 583 g/mol. The van der Waals surface area contributed by atoms with E-state index in [4.69, 9.17) is 4.74 Å². The van der Waals surface area contributed by atoms with Crippen molar-refractivity contribution in [2.24, 2.45) is 0 Å². The summed E-state index contributed by atoms with van der Waals surface area (Å²) >= 11 is 3.18. The number of nitrogens with one attached hydrogen (secondary N) is 1. The summed E-state index contributed by atoms with van der Waals surface area (Å²) in [5.41, 5.74) is 0.917. The van der Waals surface area contributed by atoms with Crippen molar-refractivity contribution in [1.82, 2.24) is 15.1 Å². The van der Waals surface area contributed by atoms with Gasteiger partial charge in [-0.15, -0.1) is 22.7 Å². The number of ether oxygens (including phenoxy) is 1. The molecule has 226 valence electrons. The van der Waals surface area contributed by atoms with E-state index in [2.05, 4.69) is 5.32 Å². The number of carbonyl (C=O) groups is 3. The van der Waals surface area contributed by atoms with Gasteiger partial charge in [-0.05, 0) is 59.9 Å². The number of rotatable bonds is 17. The lowest BCUT2D eigenvalue weighted by Crippen LogP contribution is -2.48. The Morgan fingerprint density at radius 2 is 1.40 bits per heavy atom. The molecule has 0 bridgehead atoms. The molecule has 3 amide bonds. The zero-order chi connectivity index (χ0) is 30.3. The maximum atomic E-state index is 14.0. The Balaban J connectivity index is 1.40. The van der Waals surface area contributed by atoms with Gasteiger partial charge in [0, 0.05) is 22.8 Å². The van der Waals surface area contributed by atoms with Gasteiger partial charge in [0.2, 0.25) is 11.8 Å². The Kier molecular flexibility index (Phi) is 12.6. The number of benzene rings is 2. The van der Waals surface area contributed by atoms with Crippen LogP contribution in [-0.2, 0) is 29.2 Å². The zero-order valence-corrected chi connectivity index (χ0v) is 25.6. The van der Waals surface area contributed by atoms with E-state index < -0.39 is 12.1 Å². The predicted octanol–water partition coefficient (Wildman–Crippen LogP) is 6.64. The highest BCUT2D eigenvalue weighted by Gasteiger charge is 2.27. The van der Waals surface area contributed by atoms with Crippen molar-refractivity contribution in [3.8, 4) is 5.75 Å². The number of para-hydroxylation sites is 1. The number of hydrogen-bond acceptors (Lipinski definition) is 6. The standard InChI is InChI=1S/C33H37N3O5S2/c37-31(18-20-41-27-13-5-2-6-14-27)34-30(17-7-8-19-35(33(39)40)23-26-11-3-1-4-12-26)32(38)36(24-28-15-9-21-42-28)25-29-16-10-22-43-29/h1-6,9-16,21-22,30H,7-8,17-20,23-25H2,(H,34,37)(H,39,40). The average molecular weight is 620 g/mol. The molecule has 0 radical (unpaired) electrons. The summed E-state index contributed by atoms with van der Waals surface area (Å²) in [5.74, 6) is 0.260. The van der Waals surface area contributed by atoms with Gasteiger partial charge < -0.3 is 25.0 Å². The van der Waals surface area contributed by atoms with Crippen molar-refractivity contribution in [1.29, 1.82) is 0 Å². The molecule has 2 heterocycles. The summed E-state index contributed by atoms with van der Waals surface area (Å²) in [6.45, 7) is 1.71. The zero-order valence-electron chi connectivity index (χ0n) is 24.0. The van der Waals surface area contributed by atoms with Crippen molar-refractivity contribution < 1.29 is 24.2 Å². The smallest absolute Gasteiger partial charge is 0.407 e. The third kappa shape index (κ3) is 10.9. The van der Waals surface area contributed by atoms with E-state index in [1.165, 1.54) is 4.90 Å². The van der Waals surface area contributed by atoms with Crippen molar-refractivity contribution in [2.75, 3.05) is 13.2 Å². The van der Waals surface area contributed by atoms with Crippen molar-refractivity contribution in [2.45, 2.75) is 51.4 Å². The van der Waals surface area contributed by atoms with E-state index in [9.17, 15) is 19.5 Å². The van der Waals surface area contributed by atoms with Crippen LogP contribution in [0.3, 0.4) is 0 Å². The number of nitrogens with zero attached hydrogens (tertiary/aromatic N) is 2. The molecule has 1 unspecified atom stereocenters. The van der Waals surface area contributed by atoms with Gasteiger partial charge >= 0.3 is 6.09 Å². The van der Waals surface area contributed by atoms with Crippen LogP contribution in [0.1, 0.15) is 41.0 Å². The van der Waals surface area contributed by atoms with Crippen molar-refractivity contribution >= 4 is 40.6 Å². The summed E-state index contributed by atoms with van der Waals surface area (Å²) in [6, 6.07) is 25.9. The van der Waals surface area contributed by atoms with Gasteiger partial charge in [0.05, 0.1) is 26.1 Å². The SMILES string of the molecule is O=C(CCOc1ccccc1)NC(CCCCN(Cc1ccccc1)C(=O)O)C(=O)N(Cc1cccs1)Cc1cccs1. The second-order valence-electron chi connectivity index (χ2n) is 10.1. The average Bonchev–Trinajstić information content (AvgIpc) is 3.73. The quantitative estimate of drug-likeness (QED) is 0.129. The number of unbranched alkanes of at least 4 members (excludes halogenated alkanes) is 1. The lowest BCUT2D eigenvalue weighted by Gasteiger charge is -2.28. The molecule has 1 atom stereocenters. The van der Waals surface area contributed by atoms with Crippen molar-refractivity contribution in [3.63, 3.8) is 0 Å². The third-order valence-corrected chi connectivity index (χ3v) is 8.52. The Labute approximate surface area is 260 Å². The van der Waals surface area contributed by atoms with Gasteiger partial charge in [-0.1, -0.05) is 60.7 Å². The highest BCUT2D eigenvalue weighted by atomic mass is 32.1. The van der Waals surface area contributed by atoms with Crippen LogP contribution < -0.4 is 10.1 Å². The topological polar surface area (TPSA) is 99.2 Å². The first-order valence-corrected chi connectivity index (χ1v) is 16.1. The van der Waals surface area contributed by atoms with Gasteiger partial charge in [-0.2, -0.15) is 0 Å². The van der Waals surface area contributed by atoms with E-state index in [1.54, 1.807) is 27.6 Å². The first-order valence-electron chi connectivity index (χ1n) is 14.3. The molecule has 0 saturated carbocycles. The highest BCUT2D eigenvalue weighted by molar-refractivity contribution is 7.10. The summed E-state index contributed by atoms with van der Waals surface area (Å²) in [4.78, 5) is 44.2. The van der Waals surface area contributed by atoms with Crippen LogP contribution in [0.15, 0.2) is 95.7 Å². The molecule has 2 N–H and O–H groups in total. The van der Waals surface area contributed by atoms with E-state index in [0.717, 1.165) is 15.3 Å². The van der Waals surface area contributed by atoms with Gasteiger partial charge in [0.25, 0.3) is 0 Å². The minimum atomic E-state index is -0.985. The van der Waals surface area contributed by atoms with E-state index in [0.29, 0.717) is 51.2 Å². The van der Waals surface area contributed by atoms with E-state index in [1.807, 2.05) is 95.7 Å². The summed E-state index contributed by atoms with van der Waals surface area (Å²) in [6.07, 6.45) is 0.654. The predicted molar refractivity (Wildman–Crippen MR) is 170 cm³/mol. The number of carboxylic acid groups (broad SMARTS) is 1. The van der Waals surface area contributed by atoms with Crippen LogP contribution in [0.4, 0.5) is 4.79 Å². The van der Waals surface area contributed by atoms with Crippen LogP contribution >= 0.6 is 22.7 Å². The Bertz CT molecular complexity index is 1350. The molecular formula is C33H37N3O5S2. The number of carbonyl (C=O) groups excluding carboxylic acids is 2. The summed E-state index contributed by atoms with van der Waals surface area (Å²) < 4.78 is 5.69. The minimum Gasteiger partial charge on any atom is -0.493 e. The fourth-order valence-electron chi connectivity index (χ4n) is 4.61. The molecule has 0 fully saturated rings. The molecule has 0 aliphatic heterocycles. The van der Waals surface area contributed by atoms with Crippen molar-refractivity contribution in [3.05, 3.63) is 111 Å². The number of thiophene rings is 2. The molecule has 0 aliphatic carbocycles. The molecule has 10 heteroatoms. The number of hydrogen-bond donors (Lipinski definition) is 2. The lowest BCUT2D eigenvalue weighted by molar-refractivity contribution is -0.137. The lowest BCUT2D eigenvalue weighted by atomic mass is 10.1. The molecule has 4 aromatic rings. The second kappa shape index (κ2) is 17.1. The normalized spacial score (nSPS) is 11.4. The molecule has 2 aromatic carbocycles. The number of amides is 3. The maximum absolute atomic E-state index is 14.0.